The molecule has 0 amide bonds. The number of nitrogens with zero attached hydrogens (tertiary/aromatic N) is 3. The van der Waals surface area contributed by atoms with E-state index in [9.17, 15) is 10.4 Å². The van der Waals surface area contributed by atoms with Gasteiger partial charge in [0.25, 0.3) is 0 Å². The number of rotatable bonds is 4. The molecule has 1 rings (SSSR count). The standard InChI is InChI=1S/C12H19N3O2.Na/c1-12(2,3)14(15(17)13-16)10-9-11-7-5-4-6-8-11;/h4-8,16H,9-10H2,1-3H3;/q;+1/p-1/b15-13-;. The Kier molecular flexibility index (Phi) is 7.28. The predicted molar refractivity (Wildman–Crippen MR) is 66.0 cm³/mol. The van der Waals surface area contributed by atoms with Gasteiger partial charge in [0, 0.05) is 4.97 Å². The topological polar surface area (TPSA) is 64.7 Å². The summed E-state index contributed by atoms with van der Waals surface area (Å²) < 4.78 is 0. The molecule has 1 aromatic rings. The molecule has 94 valence electrons. The van der Waals surface area contributed by atoms with E-state index in [0.29, 0.717) is 13.0 Å². The third-order valence-corrected chi connectivity index (χ3v) is 2.51. The van der Waals surface area contributed by atoms with E-state index in [1.54, 1.807) is 0 Å². The number of hydrazine groups is 1. The molecule has 0 heterocycles. The van der Waals surface area contributed by atoms with E-state index in [1.165, 1.54) is 5.01 Å². The molecule has 0 saturated heterocycles. The van der Waals surface area contributed by atoms with Crippen molar-refractivity contribution in [1.82, 2.24) is 5.01 Å². The first-order valence-corrected chi connectivity index (χ1v) is 5.57. The fourth-order valence-electron chi connectivity index (χ4n) is 1.60. The van der Waals surface area contributed by atoms with E-state index in [2.05, 4.69) is 5.28 Å². The van der Waals surface area contributed by atoms with Crippen molar-refractivity contribution in [3.63, 3.8) is 0 Å². The van der Waals surface area contributed by atoms with Gasteiger partial charge in [-0.25, -0.2) is 0 Å². The average Bonchev–Trinajstić information content (AvgIpc) is 2.28. The van der Waals surface area contributed by atoms with E-state index in [4.69, 9.17) is 0 Å². The molecule has 18 heavy (non-hydrogen) atoms. The summed E-state index contributed by atoms with van der Waals surface area (Å²) in [5.74, 6) is 0. The van der Waals surface area contributed by atoms with Crippen LogP contribution in [0.1, 0.15) is 26.3 Å². The smallest absolute Gasteiger partial charge is 0.737 e. The summed E-state index contributed by atoms with van der Waals surface area (Å²) in [6.45, 7) is 6.07. The van der Waals surface area contributed by atoms with Crippen molar-refractivity contribution in [2.75, 3.05) is 6.54 Å². The van der Waals surface area contributed by atoms with Crippen LogP contribution in [0.5, 0.6) is 0 Å². The Labute approximate surface area is 130 Å². The van der Waals surface area contributed by atoms with Crippen LogP contribution in [0.25, 0.3) is 0 Å². The molecule has 5 nitrogen and oxygen atoms in total. The van der Waals surface area contributed by atoms with Gasteiger partial charge in [-0.15, -0.1) is 5.01 Å². The molecule has 0 N–H and O–H groups in total. The van der Waals surface area contributed by atoms with Crippen molar-refractivity contribution in [3.8, 4) is 0 Å². The molecule has 0 unspecified atom stereocenters. The minimum absolute atomic E-state index is 0. The molecule has 0 atom stereocenters. The monoisotopic (exact) mass is 259 g/mol. The summed E-state index contributed by atoms with van der Waals surface area (Å²) in [7, 11) is 0. The molecule has 0 aliphatic carbocycles. The molecule has 0 saturated carbocycles. The van der Waals surface area contributed by atoms with Gasteiger partial charge in [-0.2, -0.15) is 0 Å². The first-order valence-electron chi connectivity index (χ1n) is 5.57. The predicted octanol–water partition coefficient (Wildman–Crippen LogP) is -0.291. The summed E-state index contributed by atoms with van der Waals surface area (Å²) in [4.78, 5) is 0.128. The van der Waals surface area contributed by atoms with Crippen LogP contribution >= 0.6 is 0 Å². The number of hydrogen-bond acceptors (Lipinski definition) is 3. The molecule has 0 aromatic heterocycles. The second kappa shape index (κ2) is 7.61. The molecular weight excluding hydrogens is 241 g/mol. The molecule has 0 radical (unpaired) electrons. The van der Waals surface area contributed by atoms with Gasteiger partial charge < -0.3 is 10.4 Å². The number of benzene rings is 1. The van der Waals surface area contributed by atoms with Crippen LogP contribution in [0.4, 0.5) is 0 Å². The van der Waals surface area contributed by atoms with Crippen molar-refractivity contribution in [1.29, 1.82) is 0 Å². The van der Waals surface area contributed by atoms with Gasteiger partial charge in [0.1, 0.15) is 0 Å². The summed E-state index contributed by atoms with van der Waals surface area (Å²) >= 11 is 0. The third kappa shape index (κ3) is 5.25. The number of hydrogen-bond donors (Lipinski definition) is 0. The van der Waals surface area contributed by atoms with Crippen LogP contribution in [-0.2, 0) is 6.42 Å². The van der Waals surface area contributed by atoms with E-state index in [0.717, 1.165) is 5.56 Å². The second-order valence-electron chi connectivity index (χ2n) is 4.86. The summed E-state index contributed by atoms with van der Waals surface area (Å²) in [5, 5.41) is 25.5. The first kappa shape index (κ1) is 17.2. The molecular formula is C12H18N3NaO2. The second-order valence-corrected chi connectivity index (χ2v) is 4.86. The van der Waals surface area contributed by atoms with E-state index < -0.39 is 5.54 Å². The maximum absolute atomic E-state index is 11.3. The van der Waals surface area contributed by atoms with Crippen LogP contribution in [0.3, 0.4) is 0 Å². The summed E-state index contributed by atoms with van der Waals surface area (Å²) in [6, 6.07) is 9.82. The summed E-state index contributed by atoms with van der Waals surface area (Å²) in [6.07, 6.45) is 0.701. The quantitative estimate of drug-likeness (QED) is 0.323. The van der Waals surface area contributed by atoms with E-state index >= 15 is 0 Å². The van der Waals surface area contributed by atoms with Crippen molar-refractivity contribution in [2.45, 2.75) is 32.7 Å². The van der Waals surface area contributed by atoms with Crippen molar-refractivity contribution in [2.24, 2.45) is 5.28 Å². The van der Waals surface area contributed by atoms with E-state index in [1.807, 2.05) is 51.1 Å². The first-order chi connectivity index (χ1) is 7.95. The van der Waals surface area contributed by atoms with Crippen molar-refractivity contribution < 1.29 is 34.5 Å². The Morgan fingerprint density at radius 3 is 2.22 bits per heavy atom. The van der Waals surface area contributed by atoms with Gasteiger partial charge in [0.15, 0.2) is 0 Å². The Morgan fingerprint density at radius 1 is 1.22 bits per heavy atom. The molecule has 6 heteroatoms. The van der Waals surface area contributed by atoms with Crippen molar-refractivity contribution in [3.05, 3.63) is 46.3 Å². The molecule has 1 aromatic carbocycles. The largest absolute Gasteiger partial charge is 1.00 e. The van der Waals surface area contributed by atoms with E-state index in [-0.39, 0.29) is 34.5 Å². The zero-order chi connectivity index (χ0) is 12.9. The third-order valence-electron chi connectivity index (χ3n) is 2.51. The maximum atomic E-state index is 11.3. The zero-order valence-electron chi connectivity index (χ0n) is 11.5. The minimum Gasteiger partial charge on any atom is -0.737 e. The van der Waals surface area contributed by atoms with Crippen LogP contribution < -0.4 is 29.6 Å². The van der Waals surface area contributed by atoms with Crippen LogP contribution in [0.2, 0.25) is 0 Å². The van der Waals surface area contributed by atoms with Crippen LogP contribution in [0, 0.1) is 10.4 Å². The van der Waals surface area contributed by atoms with Gasteiger partial charge in [-0.3, -0.25) is 0 Å². The molecule has 0 spiro atoms. The van der Waals surface area contributed by atoms with Crippen molar-refractivity contribution >= 4 is 0 Å². The van der Waals surface area contributed by atoms with Crippen LogP contribution in [-0.4, -0.2) is 22.1 Å². The zero-order valence-corrected chi connectivity index (χ0v) is 13.5. The summed E-state index contributed by atoms with van der Waals surface area (Å²) in [5.41, 5.74) is 0.700. The fourth-order valence-corrected chi connectivity index (χ4v) is 1.60. The van der Waals surface area contributed by atoms with Gasteiger partial charge in [-0.1, -0.05) is 30.3 Å². The Bertz CT molecular complexity index is 377. The van der Waals surface area contributed by atoms with Gasteiger partial charge in [-0.05, 0) is 38.0 Å². The van der Waals surface area contributed by atoms with Gasteiger partial charge >= 0.3 is 29.6 Å². The minimum atomic E-state index is -0.426. The Morgan fingerprint density at radius 2 is 1.78 bits per heavy atom. The maximum Gasteiger partial charge on any atom is 1.00 e. The molecule has 0 aliphatic heterocycles. The molecule has 0 aliphatic rings. The van der Waals surface area contributed by atoms with Gasteiger partial charge in [0.05, 0.1) is 12.1 Å². The Balaban J connectivity index is 0.00000289. The fraction of sp³-hybridized carbons (Fsp3) is 0.500. The normalized spacial score (nSPS) is 11.8. The van der Waals surface area contributed by atoms with Crippen LogP contribution in [0.15, 0.2) is 35.6 Å². The average molecular weight is 259 g/mol. The molecule has 0 fully saturated rings. The molecule has 0 bridgehead atoms. The Hall–Kier alpha value is -0.780. The van der Waals surface area contributed by atoms with Gasteiger partial charge in [0.2, 0.25) is 0 Å². The SMILES string of the molecule is CC(C)(C)N(CCc1ccccc1)/[N+]([O-])=N/[O-].[Na+].